The third kappa shape index (κ3) is 4.07. The van der Waals surface area contributed by atoms with Crippen molar-refractivity contribution in [3.05, 3.63) is 34.3 Å². The zero-order valence-corrected chi connectivity index (χ0v) is 9.73. The van der Waals surface area contributed by atoms with E-state index in [2.05, 4.69) is 0 Å². The van der Waals surface area contributed by atoms with Crippen LogP contribution >= 0.6 is 24.0 Å². The second-order valence-electron chi connectivity index (χ2n) is 3.09. The summed E-state index contributed by atoms with van der Waals surface area (Å²) in [5, 5.41) is 8.36. The molecule has 0 saturated carbocycles. The molecule has 0 heterocycles. The van der Waals surface area contributed by atoms with E-state index in [0.717, 1.165) is 6.07 Å². The third-order valence-corrected chi connectivity index (χ3v) is 2.09. The van der Waals surface area contributed by atoms with Gasteiger partial charge in [0.15, 0.2) is 0 Å². The van der Waals surface area contributed by atoms with E-state index >= 15 is 0 Å². The van der Waals surface area contributed by atoms with Crippen molar-refractivity contribution < 1.29 is 23.1 Å². The minimum atomic E-state index is -4.59. The number of aliphatic carboxylic acids is 1. The number of carboxylic acid groups (broad SMARTS) is 1. The van der Waals surface area contributed by atoms with Crippen LogP contribution in [-0.2, 0) is 11.0 Å². The summed E-state index contributed by atoms with van der Waals surface area (Å²) < 4.78 is 37.1. The van der Waals surface area contributed by atoms with Gasteiger partial charge in [0, 0.05) is 5.02 Å². The molecule has 0 bridgehead atoms. The van der Waals surface area contributed by atoms with Gasteiger partial charge in [0.2, 0.25) is 0 Å². The maximum absolute atomic E-state index is 12.4. The van der Waals surface area contributed by atoms with Crippen LogP contribution in [0.1, 0.15) is 17.2 Å². The summed E-state index contributed by atoms with van der Waals surface area (Å²) in [4.78, 5) is 10.5. The number of rotatable bonds is 2. The van der Waals surface area contributed by atoms with Crippen LogP contribution in [0.5, 0.6) is 0 Å². The van der Waals surface area contributed by atoms with Gasteiger partial charge in [-0.25, -0.2) is 0 Å². The van der Waals surface area contributed by atoms with E-state index in [9.17, 15) is 18.0 Å². The number of halogens is 5. The lowest BCUT2D eigenvalue weighted by atomic mass is 10.0. The summed E-state index contributed by atoms with van der Waals surface area (Å²) in [6.45, 7) is 0. The Morgan fingerprint density at radius 2 is 1.88 bits per heavy atom. The highest BCUT2D eigenvalue weighted by molar-refractivity contribution is 6.30. The highest BCUT2D eigenvalue weighted by atomic mass is 35.5. The van der Waals surface area contributed by atoms with E-state index < -0.39 is 23.8 Å². The van der Waals surface area contributed by atoms with Crippen LogP contribution in [0.15, 0.2) is 18.2 Å². The number of hydrogen-bond acceptors (Lipinski definition) is 2. The number of carboxylic acids is 1. The summed E-state index contributed by atoms with van der Waals surface area (Å²) in [7, 11) is 0. The molecule has 0 amide bonds. The molecule has 96 valence electrons. The van der Waals surface area contributed by atoms with Crippen molar-refractivity contribution >= 4 is 30.0 Å². The van der Waals surface area contributed by atoms with Gasteiger partial charge in [-0.2, -0.15) is 13.2 Å². The zero-order chi connectivity index (χ0) is 12.5. The molecule has 0 aliphatic rings. The number of alkyl halides is 3. The highest BCUT2D eigenvalue weighted by Crippen LogP contribution is 2.32. The largest absolute Gasteiger partial charge is 0.480 e. The van der Waals surface area contributed by atoms with Crippen LogP contribution in [0.4, 0.5) is 13.2 Å². The maximum atomic E-state index is 12.4. The molecule has 1 aromatic rings. The fourth-order valence-corrected chi connectivity index (χ4v) is 1.34. The van der Waals surface area contributed by atoms with Crippen LogP contribution in [0.3, 0.4) is 0 Å². The van der Waals surface area contributed by atoms with Crippen molar-refractivity contribution in [1.29, 1.82) is 0 Å². The van der Waals surface area contributed by atoms with Gasteiger partial charge in [-0.15, -0.1) is 12.4 Å². The number of hydrogen-bond donors (Lipinski definition) is 2. The molecular weight excluding hydrogens is 282 g/mol. The summed E-state index contributed by atoms with van der Waals surface area (Å²) in [5.74, 6) is -1.42. The smallest absolute Gasteiger partial charge is 0.416 e. The Balaban J connectivity index is 0.00000256. The second kappa shape index (κ2) is 5.57. The second-order valence-corrected chi connectivity index (χ2v) is 3.52. The Bertz CT molecular complexity index is 423. The Morgan fingerprint density at radius 1 is 1.35 bits per heavy atom. The Hall–Kier alpha value is -0.980. The molecule has 3 nitrogen and oxygen atoms in total. The Labute approximate surface area is 106 Å². The van der Waals surface area contributed by atoms with Gasteiger partial charge in [0.1, 0.15) is 6.04 Å². The molecule has 0 radical (unpaired) electrons. The van der Waals surface area contributed by atoms with E-state index in [1.165, 1.54) is 0 Å². The predicted octanol–water partition coefficient (Wildman–Crippen LogP) is 2.87. The number of carbonyl (C=O) groups is 1. The van der Waals surface area contributed by atoms with Gasteiger partial charge < -0.3 is 10.8 Å². The lowest BCUT2D eigenvalue weighted by Crippen LogP contribution is -2.21. The van der Waals surface area contributed by atoms with E-state index in [1.54, 1.807) is 0 Å². The topological polar surface area (TPSA) is 63.3 Å². The van der Waals surface area contributed by atoms with E-state index in [1.807, 2.05) is 0 Å². The van der Waals surface area contributed by atoms with Crippen molar-refractivity contribution in [2.24, 2.45) is 5.73 Å². The van der Waals surface area contributed by atoms with Gasteiger partial charge >= 0.3 is 12.1 Å². The van der Waals surface area contributed by atoms with Crippen LogP contribution in [0.25, 0.3) is 0 Å². The average Bonchev–Trinajstić information content (AvgIpc) is 2.14. The van der Waals surface area contributed by atoms with Gasteiger partial charge in [0.25, 0.3) is 0 Å². The van der Waals surface area contributed by atoms with Crippen LogP contribution < -0.4 is 5.73 Å². The SMILES string of the molecule is Cl.NC(C(=O)O)c1cc(Cl)cc(C(F)(F)F)c1. The fourth-order valence-electron chi connectivity index (χ4n) is 1.10. The molecule has 0 spiro atoms. The van der Waals surface area contributed by atoms with Crippen LogP contribution in [0, 0.1) is 0 Å². The summed E-state index contributed by atoms with van der Waals surface area (Å²) >= 11 is 5.46. The van der Waals surface area contributed by atoms with E-state index in [-0.39, 0.29) is 23.0 Å². The Kier molecular flexibility index (Phi) is 5.25. The Morgan fingerprint density at radius 3 is 2.29 bits per heavy atom. The van der Waals surface area contributed by atoms with Crippen molar-refractivity contribution in [3.63, 3.8) is 0 Å². The lowest BCUT2D eigenvalue weighted by Gasteiger charge is -2.12. The average molecular weight is 290 g/mol. The quantitative estimate of drug-likeness (QED) is 0.880. The third-order valence-electron chi connectivity index (χ3n) is 1.87. The molecule has 17 heavy (non-hydrogen) atoms. The summed E-state index contributed by atoms with van der Waals surface area (Å²) in [6, 6.07) is 0.944. The maximum Gasteiger partial charge on any atom is 0.416 e. The number of benzene rings is 1. The first-order chi connectivity index (χ1) is 7.21. The van der Waals surface area contributed by atoms with Crippen LogP contribution in [-0.4, -0.2) is 11.1 Å². The minimum absolute atomic E-state index is 0. The predicted molar refractivity (Wildman–Crippen MR) is 58.3 cm³/mol. The number of nitrogens with two attached hydrogens (primary N) is 1. The standard InChI is InChI=1S/C9H7ClF3NO2.ClH/c10-6-2-4(7(14)8(15)16)1-5(3-6)9(11,12)13;/h1-3,7H,14H2,(H,15,16);1H. The molecule has 1 atom stereocenters. The van der Waals surface area contributed by atoms with E-state index in [4.69, 9.17) is 22.4 Å². The first kappa shape index (κ1) is 16.0. The molecule has 1 aromatic carbocycles. The van der Waals surface area contributed by atoms with Gasteiger partial charge in [-0.1, -0.05) is 11.6 Å². The van der Waals surface area contributed by atoms with Crippen molar-refractivity contribution in [3.8, 4) is 0 Å². The molecule has 0 fully saturated rings. The molecule has 0 saturated heterocycles. The molecule has 3 N–H and O–H groups in total. The van der Waals surface area contributed by atoms with Gasteiger partial charge in [-0.3, -0.25) is 4.79 Å². The molecule has 1 rings (SSSR count). The van der Waals surface area contributed by atoms with Crippen molar-refractivity contribution in [2.75, 3.05) is 0 Å². The zero-order valence-electron chi connectivity index (χ0n) is 8.16. The first-order valence-corrected chi connectivity index (χ1v) is 4.45. The lowest BCUT2D eigenvalue weighted by molar-refractivity contribution is -0.140. The monoisotopic (exact) mass is 289 g/mol. The molecule has 8 heteroatoms. The highest BCUT2D eigenvalue weighted by Gasteiger charge is 2.32. The van der Waals surface area contributed by atoms with Crippen LogP contribution in [0.2, 0.25) is 5.02 Å². The van der Waals surface area contributed by atoms with Gasteiger partial charge in [-0.05, 0) is 23.8 Å². The minimum Gasteiger partial charge on any atom is -0.480 e. The van der Waals surface area contributed by atoms with Gasteiger partial charge in [0.05, 0.1) is 5.56 Å². The fraction of sp³-hybridized carbons (Fsp3) is 0.222. The summed E-state index contributed by atoms with van der Waals surface area (Å²) in [6.07, 6.45) is -4.59. The summed E-state index contributed by atoms with van der Waals surface area (Å²) in [5.41, 5.74) is 3.98. The van der Waals surface area contributed by atoms with E-state index in [0.29, 0.717) is 12.1 Å². The first-order valence-electron chi connectivity index (χ1n) is 4.08. The van der Waals surface area contributed by atoms with Crippen molar-refractivity contribution in [1.82, 2.24) is 0 Å². The molecule has 0 aliphatic carbocycles. The normalized spacial score (nSPS) is 12.8. The van der Waals surface area contributed by atoms with Crippen molar-refractivity contribution in [2.45, 2.75) is 12.2 Å². The molecular formula is C9H8Cl2F3NO2. The molecule has 1 unspecified atom stereocenters. The molecule has 0 aliphatic heterocycles. The molecule has 0 aromatic heterocycles.